The lowest BCUT2D eigenvalue weighted by Crippen LogP contribution is -2.51. The van der Waals surface area contributed by atoms with Crippen molar-refractivity contribution in [3.63, 3.8) is 0 Å². The average molecular weight is 392 g/mol. The number of halogens is 3. The van der Waals surface area contributed by atoms with Gasteiger partial charge in [0, 0.05) is 37.9 Å². The van der Waals surface area contributed by atoms with Gasteiger partial charge in [0.25, 0.3) is 5.91 Å². The second kappa shape index (κ2) is 8.28. The van der Waals surface area contributed by atoms with Crippen LogP contribution < -0.4 is 10.2 Å². The zero-order valence-electron chi connectivity index (χ0n) is 14.9. The Hall–Kier alpha value is -3.10. The van der Waals surface area contributed by atoms with E-state index >= 15 is 0 Å². The molecule has 0 saturated carbocycles. The monoisotopic (exact) mass is 392 g/mol. The molecule has 1 aromatic carbocycles. The normalized spacial score (nSPS) is 14.7. The van der Waals surface area contributed by atoms with Gasteiger partial charge in [0.05, 0.1) is 12.1 Å². The highest BCUT2D eigenvalue weighted by molar-refractivity contribution is 5.96. The van der Waals surface area contributed by atoms with Gasteiger partial charge in [-0.25, -0.2) is 4.98 Å². The van der Waals surface area contributed by atoms with Crippen molar-refractivity contribution in [2.24, 2.45) is 0 Å². The highest BCUT2D eigenvalue weighted by atomic mass is 19.4. The summed E-state index contributed by atoms with van der Waals surface area (Å²) in [5, 5.41) is 2.46. The number of hydrogen-bond donors (Lipinski definition) is 1. The van der Waals surface area contributed by atoms with Crippen LogP contribution in [0.3, 0.4) is 0 Å². The van der Waals surface area contributed by atoms with Crippen molar-refractivity contribution in [2.75, 3.05) is 37.6 Å². The molecule has 148 valence electrons. The predicted octanol–water partition coefficient (Wildman–Crippen LogP) is 2.18. The standard InChI is InChI=1S/C19H19F3N4O2/c20-19(21,22)15-6-4-14(5-7-15)18(28)24-13-17(27)26-11-9-25(10-12-26)16-3-1-2-8-23-16/h1-8H,9-13H2,(H,24,28). The number of pyridine rings is 1. The molecule has 0 unspecified atom stereocenters. The molecule has 28 heavy (non-hydrogen) atoms. The minimum Gasteiger partial charge on any atom is -0.353 e. The van der Waals surface area contributed by atoms with Crippen LogP contribution in [0.1, 0.15) is 15.9 Å². The van der Waals surface area contributed by atoms with Crippen LogP contribution in [0.25, 0.3) is 0 Å². The summed E-state index contributed by atoms with van der Waals surface area (Å²) in [6, 6.07) is 9.50. The van der Waals surface area contributed by atoms with Gasteiger partial charge in [-0.15, -0.1) is 0 Å². The SMILES string of the molecule is O=C(NCC(=O)N1CCN(c2ccccn2)CC1)c1ccc(C(F)(F)F)cc1. The summed E-state index contributed by atoms with van der Waals surface area (Å²) < 4.78 is 37.7. The maximum Gasteiger partial charge on any atom is 0.416 e. The lowest BCUT2D eigenvalue weighted by Gasteiger charge is -2.35. The zero-order chi connectivity index (χ0) is 20.1. The van der Waals surface area contributed by atoms with Crippen molar-refractivity contribution in [1.82, 2.24) is 15.2 Å². The van der Waals surface area contributed by atoms with Crippen LogP contribution >= 0.6 is 0 Å². The van der Waals surface area contributed by atoms with Crippen LogP contribution in [0.15, 0.2) is 48.7 Å². The molecule has 3 rings (SSSR count). The minimum absolute atomic E-state index is 0.0702. The fourth-order valence-corrected chi connectivity index (χ4v) is 2.91. The van der Waals surface area contributed by atoms with Gasteiger partial charge < -0.3 is 15.1 Å². The third kappa shape index (κ3) is 4.79. The maximum atomic E-state index is 12.6. The third-order valence-electron chi connectivity index (χ3n) is 4.48. The van der Waals surface area contributed by atoms with Gasteiger partial charge in [-0.05, 0) is 36.4 Å². The number of nitrogens with one attached hydrogen (secondary N) is 1. The van der Waals surface area contributed by atoms with E-state index in [1.54, 1.807) is 11.1 Å². The number of rotatable bonds is 4. The molecule has 1 saturated heterocycles. The van der Waals surface area contributed by atoms with Crippen molar-refractivity contribution in [1.29, 1.82) is 0 Å². The fraction of sp³-hybridized carbons (Fsp3) is 0.316. The Morgan fingerprint density at radius 1 is 1.00 bits per heavy atom. The molecular weight excluding hydrogens is 373 g/mol. The topological polar surface area (TPSA) is 65.5 Å². The Morgan fingerprint density at radius 2 is 1.68 bits per heavy atom. The number of piperazine rings is 1. The highest BCUT2D eigenvalue weighted by Crippen LogP contribution is 2.29. The number of hydrogen-bond acceptors (Lipinski definition) is 4. The molecular formula is C19H19F3N4O2. The number of aromatic nitrogens is 1. The summed E-state index contributed by atoms with van der Waals surface area (Å²) in [6.07, 6.45) is -2.74. The van der Waals surface area contributed by atoms with Crippen molar-refractivity contribution >= 4 is 17.6 Å². The van der Waals surface area contributed by atoms with E-state index in [0.717, 1.165) is 30.1 Å². The van der Waals surface area contributed by atoms with Crippen molar-refractivity contribution in [3.8, 4) is 0 Å². The van der Waals surface area contributed by atoms with Gasteiger partial charge in [-0.3, -0.25) is 9.59 Å². The third-order valence-corrected chi connectivity index (χ3v) is 4.48. The number of carbonyl (C=O) groups is 2. The molecule has 0 aliphatic carbocycles. The number of amides is 2. The van der Waals surface area contributed by atoms with Crippen molar-refractivity contribution in [3.05, 3.63) is 59.8 Å². The first-order valence-corrected chi connectivity index (χ1v) is 8.74. The number of benzene rings is 1. The average Bonchev–Trinajstić information content (AvgIpc) is 2.72. The fourth-order valence-electron chi connectivity index (χ4n) is 2.91. The molecule has 0 radical (unpaired) electrons. The minimum atomic E-state index is -4.46. The van der Waals surface area contributed by atoms with Gasteiger partial charge in [-0.2, -0.15) is 13.2 Å². The van der Waals surface area contributed by atoms with Crippen LogP contribution in [-0.4, -0.2) is 54.4 Å². The van der Waals surface area contributed by atoms with E-state index in [1.165, 1.54) is 0 Å². The van der Waals surface area contributed by atoms with Gasteiger partial charge in [0.1, 0.15) is 5.82 Å². The first-order valence-electron chi connectivity index (χ1n) is 8.74. The van der Waals surface area contributed by atoms with Crippen LogP contribution in [-0.2, 0) is 11.0 Å². The molecule has 0 atom stereocenters. The molecule has 0 bridgehead atoms. The van der Waals surface area contributed by atoms with E-state index in [-0.39, 0.29) is 18.0 Å². The summed E-state index contributed by atoms with van der Waals surface area (Å²) in [7, 11) is 0. The molecule has 1 aromatic heterocycles. The molecule has 0 spiro atoms. The number of alkyl halides is 3. The Labute approximate surface area is 160 Å². The number of nitrogens with zero attached hydrogens (tertiary/aromatic N) is 3. The van der Waals surface area contributed by atoms with Crippen LogP contribution in [0.2, 0.25) is 0 Å². The maximum absolute atomic E-state index is 12.6. The summed E-state index contributed by atoms with van der Waals surface area (Å²) in [5.74, 6) is 0.0281. The van der Waals surface area contributed by atoms with E-state index in [2.05, 4.69) is 15.2 Å². The van der Waals surface area contributed by atoms with Crippen molar-refractivity contribution < 1.29 is 22.8 Å². The largest absolute Gasteiger partial charge is 0.416 e. The molecule has 1 N–H and O–H groups in total. The van der Waals surface area contributed by atoms with Crippen LogP contribution in [0.4, 0.5) is 19.0 Å². The van der Waals surface area contributed by atoms with Gasteiger partial charge in [0.15, 0.2) is 0 Å². The number of carbonyl (C=O) groups excluding carboxylic acids is 2. The predicted molar refractivity (Wildman–Crippen MR) is 96.8 cm³/mol. The van der Waals surface area contributed by atoms with Crippen molar-refractivity contribution in [2.45, 2.75) is 6.18 Å². The van der Waals surface area contributed by atoms with E-state index < -0.39 is 17.6 Å². The van der Waals surface area contributed by atoms with E-state index in [1.807, 2.05) is 18.2 Å². The molecule has 1 aliphatic rings. The first kappa shape index (κ1) is 19.7. The summed E-state index contributed by atoms with van der Waals surface area (Å²) in [4.78, 5) is 32.3. The second-order valence-corrected chi connectivity index (χ2v) is 6.31. The summed E-state index contributed by atoms with van der Waals surface area (Å²) in [5.41, 5.74) is -0.758. The molecule has 6 nitrogen and oxygen atoms in total. The lowest BCUT2D eigenvalue weighted by molar-refractivity contribution is -0.137. The zero-order valence-corrected chi connectivity index (χ0v) is 14.9. The first-order chi connectivity index (χ1) is 13.3. The second-order valence-electron chi connectivity index (χ2n) is 6.31. The smallest absolute Gasteiger partial charge is 0.353 e. The van der Waals surface area contributed by atoms with Gasteiger partial charge in [-0.1, -0.05) is 6.07 Å². The van der Waals surface area contributed by atoms with Crippen LogP contribution in [0.5, 0.6) is 0 Å². The number of anilines is 1. The highest BCUT2D eigenvalue weighted by Gasteiger charge is 2.30. The van der Waals surface area contributed by atoms with Gasteiger partial charge in [0.2, 0.25) is 5.91 Å². The van der Waals surface area contributed by atoms with E-state index in [4.69, 9.17) is 0 Å². The molecule has 1 fully saturated rings. The Bertz CT molecular complexity index is 817. The van der Waals surface area contributed by atoms with E-state index in [0.29, 0.717) is 26.2 Å². The Kier molecular flexibility index (Phi) is 5.81. The molecule has 2 aromatic rings. The summed E-state index contributed by atoms with van der Waals surface area (Å²) >= 11 is 0. The molecule has 1 aliphatic heterocycles. The summed E-state index contributed by atoms with van der Waals surface area (Å²) in [6.45, 7) is 2.08. The Balaban J connectivity index is 1.47. The lowest BCUT2D eigenvalue weighted by atomic mass is 10.1. The van der Waals surface area contributed by atoms with E-state index in [9.17, 15) is 22.8 Å². The quantitative estimate of drug-likeness (QED) is 0.866. The van der Waals surface area contributed by atoms with Crippen LogP contribution in [0, 0.1) is 0 Å². The molecule has 2 heterocycles. The molecule has 9 heteroatoms. The Morgan fingerprint density at radius 3 is 2.25 bits per heavy atom. The van der Waals surface area contributed by atoms with Gasteiger partial charge >= 0.3 is 6.18 Å². The molecule has 2 amide bonds.